The van der Waals surface area contributed by atoms with Gasteiger partial charge in [0, 0.05) is 0 Å². The van der Waals surface area contributed by atoms with Gasteiger partial charge in [-0.2, -0.15) is 0 Å². The second kappa shape index (κ2) is 6.29. The summed E-state index contributed by atoms with van der Waals surface area (Å²) in [6.07, 6.45) is 27.0. The first-order chi connectivity index (χ1) is 12.9. The third-order valence-electron chi connectivity index (χ3n) is 6.07. The van der Waals surface area contributed by atoms with Gasteiger partial charge in [0.1, 0.15) is 0 Å². The highest BCUT2D eigenvalue weighted by atomic mass is 14.5. The summed E-state index contributed by atoms with van der Waals surface area (Å²) in [6.45, 7) is 0. The van der Waals surface area contributed by atoms with E-state index in [9.17, 15) is 0 Å². The molecule has 0 N–H and O–H groups in total. The topological polar surface area (TPSA) is 0 Å². The van der Waals surface area contributed by atoms with Crippen molar-refractivity contribution in [3.63, 3.8) is 0 Å². The van der Waals surface area contributed by atoms with Crippen LogP contribution >= 0.6 is 0 Å². The molecule has 26 heavy (non-hydrogen) atoms. The Kier molecular flexibility index (Phi) is 3.78. The van der Waals surface area contributed by atoms with E-state index in [1.165, 1.54) is 27.9 Å². The SMILES string of the molecule is C1=CC2=C(C=CC1)C(C1=CCCC=C1)(c1ccccc1)C1=C2CCC=C1. The maximum atomic E-state index is 2.47. The monoisotopic (exact) mass is 336 g/mol. The zero-order valence-electron chi connectivity index (χ0n) is 15.1. The second-order valence-corrected chi connectivity index (χ2v) is 7.46. The van der Waals surface area contributed by atoms with Gasteiger partial charge in [0.15, 0.2) is 0 Å². The maximum absolute atomic E-state index is 2.47. The van der Waals surface area contributed by atoms with Crippen LogP contribution in [0.2, 0.25) is 0 Å². The molecule has 0 aromatic heterocycles. The van der Waals surface area contributed by atoms with Crippen LogP contribution in [0.1, 0.15) is 37.7 Å². The molecular weight excluding hydrogens is 312 g/mol. The van der Waals surface area contributed by atoms with Crippen molar-refractivity contribution in [3.05, 3.63) is 118 Å². The molecule has 128 valence electrons. The lowest BCUT2D eigenvalue weighted by Gasteiger charge is -2.38. The van der Waals surface area contributed by atoms with E-state index in [0.717, 1.165) is 32.1 Å². The summed E-state index contributed by atoms with van der Waals surface area (Å²) < 4.78 is 0. The van der Waals surface area contributed by atoms with Gasteiger partial charge in [0.05, 0.1) is 5.41 Å². The average Bonchev–Trinajstić information content (AvgIpc) is 2.84. The lowest BCUT2D eigenvalue weighted by molar-refractivity contribution is 0.730. The highest BCUT2D eigenvalue weighted by molar-refractivity contribution is 5.76. The highest BCUT2D eigenvalue weighted by Gasteiger charge is 2.48. The summed E-state index contributed by atoms with van der Waals surface area (Å²) in [4.78, 5) is 0. The van der Waals surface area contributed by atoms with Gasteiger partial charge < -0.3 is 0 Å². The average molecular weight is 336 g/mol. The standard InChI is InChI=1S/C26H24/c1-4-12-20(13-5-1)26(21-14-6-2-7-15-21)24-18-9-3-8-16-22(24)23-17-10-11-19-25(23)26/h1,4-6,8-9,11-16,18-19H,2-3,7,10,17H2. The van der Waals surface area contributed by atoms with Gasteiger partial charge in [-0.05, 0) is 65.5 Å². The summed E-state index contributed by atoms with van der Waals surface area (Å²) in [5.74, 6) is 0. The van der Waals surface area contributed by atoms with Gasteiger partial charge in [-0.15, -0.1) is 0 Å². The van der Waals surface area contributed by atoms with Crippen molar-refractivity contribution in [1.29, 1.82) is 0 Å². The molecule has 0 saturated carbocycles. The van der Waals surface area contributed by atoms with Crippen LogP contribution in [-0.2, 0) is 5.41 Å². The molecular formula is C26H24. The molecule has 0 amide bonds. The second-order valence-electron chi connectivity index (χ2n) is 7.46. The quantitative estimate of drug-likeness (QED) is 0.565. The number of hydrogen-bond donors (Lipinski definition) is 0. The predicted molar refractivity (Wildman–Crippen MR) is 110 cm³/mol. The molecule has 1 aromatic carbocycles. The van der Waals surface area contributed by atoms with Gasteiger partial charge >= 0.3 is 0 Å². The fraction of sp³-hybridized carbons (Fsp3) is 0.231. The van der Waals surface area contributed by atoms with Crippen molar-refractivity contribution < 1.29 is 0 Å². The van der Waals surface area contributed by atoms with Gasteiger partial charge in [-0.25, -0.2) is 0 Å². The normalized spacial score (nSPS) is 26.7. The van der Waals surface area contributed by atoms with Crippen molar-refractivity contribution >= 4 is 0 Å². The van der Waals surface area contributed by atoms with Crippen molar-refractivity contribution in [2.75, 3.05) is 0 Å². The van der Waals surface area contributed by atoms with Gasteiger partial charge in [0.2, 0.25) is 0 Å². The number of fused-ring (bicyclic) bond motifs is 1. The van der Waals surface area contributed by atoms with Gasteiger partial charge in [-0.1, -0.05) is 85.0 Å². The van der Waals surface area contributed by atoms with Crippen LogP contribution in [0.5, 0.6) is 0 Å². The Morgan fingerprint density at radius 1 is 0.692 bits per heavy atom. The van der Waals surface area contributed by atoms with E-state index in [2.05, 4.69) is 85.0 Å². The summed E-state index contributed by atoms with van der Waals surface area (Å²) in [7, 11) is 0. The molecule has 0 nitrogen and oxygen atoms in total. The van der Waals surface area contributed by atoms with Crippen LogP contribution in [0, 0.1) is 0 Å². The van der Waals surface area contributed by atoms with Crippen LogP contribution in [-0.4, -0.2) is 0 Å². The Balaban J connectivity index is 1.88. The Morgan fingerprint density at radius 3 is 2.35 bits per heavy atom. The van der Waals surface area contributed by atoms with Crippen molar-refractivity contribution in [2.45, 2.75) is 37.5 Å². The number of allylic oxidation sites excluding steroid dienone is 14. The Bertz CT molecular complexity index is 941. The third-order valence-corrected chi connectivity index (χ3v) is 6.07. The minimum absolute atomic E-state index is 0.162. The fourth-order valence-electron chi connectivity index (χ4n) is 5.03. The van der Waals surface area contributed by atoms with Crippen molar-refractivity contribution in [3.8, 4) is 0 Å². The summed E-state index contributed by atoms with van der Waals surface area (Å²) in [5, 5.41) is 0. The molecule has 1 unspecified atom stereocenters. The van der Waals surface area contributed by atoms with Gasteiger partial charge in [0.25, 0.3) is 0 Å². The Hall–Kier alpha value is -2.60. The van der Waals surface area contributed by atoms with Gasteiger partial charge in [-0.3, -0.25) is 0 Å². The molecule has 4 aliphatic rings. The van der Waals surface area contributed by atoms with E-state index in [-0.39, 0.29) is 5.41 Å². The minimum Gasteiger partial charge on any atom is -0.0839 e. The van der Waals surface area contributed by atoms with Crippen LogP contribution in [0.15, 0.2) is 113 Å². The van der Waals surface area contributed by atoms with E-state index >= 15 is 0 Å². The van der Waals surface area contributed by atoms with Crippen molar-refractivity contribution in [1.82, 2.24) is 0 Å². The number of benzene rings is 1. The molecule has 1 atom stereocenters. The largest absolute Gasteiger partial charge is 0.0839 e. The molecule has 0 heteroatoms. The molecule has 0 radical (unpaired) electrons. The molecule has 0 aliphatic heterocycles. The number of hydrogen-bond acceptors (Lipinski definition) is 0. The number of rotatable bonds is 2. The van der Waals surface area contributed by atoms with E-state index in [0.29, 0.717) is 0 Å². The van der Waals surface area contributed by atoms with E-state index in [1.807, 2.05) is 0 Å². The molecule has 0 heterocycles. The Labute approximate surface area is 156 Å². The van der Waals surface area contributed by atoms with Crippen LogP contribution in [0.3, 0.4) is 0 Å². The zero-order valence-corrected chi connectivity index (χ0v) is 15.1. The fourth-order valence-corrected chi connectivity index (χ4v) is 5.03. The highest BCUT2D eigenvalue weighted by Crippen LogP contribution is 2.57. The lowest BCUT2D eigenvalue weighted by Crippen LogP contribution is -2.31. The van der Waals surface area contributed by atoms with E-state index in [4.69, 9.17) is 0 Å². The molecule has 0 saturated heterocycles. The smallest absolute Gasteiger partial charge is 0.0706 e. The molecule has 4 aliphatic carbocycles. The first-order valence-corrected chi connectivity index (χ1v) is 9.83. The predicted octanol–water partition coefficient (Wildman–Crippen LogP) is 6.67. The van der Waals surface area contributed by atoms with Crippen molar-refractivity contribution in [2.24, 2.45) is 0 Å². The molecule has 5 rings (SSSR count). The summed E-state index contributed by atoms with van der Waals surface area (Å²) in [6, 6.07) is 11.1. The first kappa shape index (κ1) is 15.6. The molecule has 1 aromatic rings. The molecule has 0 fully saturated rings. The third kappa shape index (κ3) is 2.15. The van der Waals surface area contributed by atoms with E-state index < -0.39 is 0 Å². The zero-order chi connectivity index (χ0) is 17.4. The first-order valence-electron chi connectivity index (χ1n) is 9.83. The Morgan fingerprint density at radius 2 is 1.50 bits per heavy atom. The summed E-state index contributed by atoms with van der Waals surface area (Å²) in [5.41, 5.74) is 8.64. The molecule has 0 bridgehead atoms. The lowest BCUT2D eigenvalue weighted by atomic mass is 9.64. The van der Waals surface area contributed by atoms with Crippen LogP contribution < -0.4 is 0 Å². The minimum atomic E-state index is -0.162. The summed E-state index contributed by atoms with van der Waals surface area (Å²) >= 11 is 0. The van der Waals surface area contributed by atoms with Crippen LogP contribution in [0.4, 0.5) is 0 Å². The van der Waals surface area contributed by atoms with E-state index in [1.54, 1.807) is 5.57 Å². The van der Waals surface area contributed by atoms with Crippen LogP contribution in [0.25, 0.3) is 0 Å². The maximum Gasteiger partial charge on any atom is 0.0706 e. The molecule has 0 spiro atoms.